The maximum absolute atomic E-state index is 12.0. The van der Waals surface area contributed by atoms with E-state index in [-0.39, 0.29) is 18.0 Å². The first-order valence-electron chi connectivity index (χ1n) is 7.82. The first kappa shape index (κ1) is 15.8. The highest BCUT2D eigenvalue weighted by Gasteiger charge is 2.24. The monoisotopic (exact) mass is 290 g/mol. The summed E-state index contributed by atoms with van der Waals surface area (Å²) in [7, 11) is 0. The number of carbonyl (C=O) groups is 1. The van der Waals surface area contributed by atoms with Crippen LogP contribution in [0, 0.1) is 5.92 Å². The van der Waals surface area contributed by atoms with Crippen LogP contribution in [0.5, 0.6) is 5.75 Å². The highest BCUT2D eigenvalue weighted by Crippen LogP contribution is 2.34. The number of amides is 1. The Balaban J connectivity index is 2.18. The van der Waals surface area contributed by atoms with E-state index in [4.69, 9.17) is 10.5 Å². The molecule has 2 atom stereocenters. The normalized spacial score (nSPS) is 18.8. The molecule has 3 N–H and O–H groups in total. The van der Waals surface area contributed by atoms with Crippen LogP contribution in [0.2, 0.25) is 0 Å². The van der Waals surface area contributed by atoms with E-state index in [1.54, 1.807) is 0 Å². The van der Waals surface area contributed by atoms with Crippen LogP contribution >= 0.6 is 0 Å². The van der Waals surface area contributed by atoms with Gasteiger partial charge in [-0.1, -0.05) is 26.8 Å². The zero-order chi connectivity index (χ0) is 15.4. The Morgan fingerprint density at radius 2 is 2.24 bits per heavy atom. The summed E-state index contributed by atoms with van der Waals surface area (Å²) in [4.78, 5) is 12.0. The topological polar surface area (TPSA) is 64.3 Å². The molecule has 0 saturated heterocycles. The minimum Gasteiger partial charge on any atom is -0.493 e. The van der Waals surface area contributed by atoms with E-state index >= 15 is 0 Å². The van der Waals surface area contributed by atoms with Crippen LogP contribution in [0.15, 0.2) is 18.2 Å². The number of hydrogen-bond donors (Lipinski definition) is 2. The van der Waals surface area contributed by atoms with Crippen LogP contribution in [0.25, 0.3) is 0 Å². The maximum Gasteiger partial charge on any atom is 0.220 e. The number of ether oxygens (including phenoxy) is 1. The van der Waals surface area contributed by atoms with E-state index in [0.29, 0.717) is 18.9 Å². The quantitative estimate of drug-likeness (QED) is 0.876. The molecule has 0 aliphatic carbocycles. The van der Waals surface area contributed by atoms with E-state index in [9.17, 15) is 4.79 Å². The molecule has 0 radical (unpaired) electrons. The van der Waals surface area contributed by atoms with Crippen molar-refractivity contribution < 1.29 is 9.53 Å². The Morgan fingerprint density at radius 1 is 1.48 bits per heavy atom. The van der Waals surface area contributed by atoms with Gasteiger partial charge in [0.15, 0.2) is 0 Å². The molecule has 1 aromatic rings. The summed E-state index contributed by atoms with van der Waals surface area (Å²) in [6.07, 6.45) is 2.26. The summed E-state index contributed by atoms with van der Waals surface area (Å²) < 4.78 is 5.69. The van der Waals surface area contributed by atoms with Crippen molar-refractivity contribution in [3.05, 3.63) is 29.3 Å². The summed E-state index contributed by atoms with van der Waals surface area (Å²) in [6, 6.07) is 6.14. The fourth-order valence-corrected chi connectivity index (χ4v) is 2.65. The number of carbonyl (C=O) groups excluding carboxylic acids is 1. The van der Waals surface area contributed by atoms with Gasteiger partial charge >= 0.3 is 0 Å². The summed E-state index contributed by atoms with van der Waals surface area (Å²) >= 11 is 0. The van der Waals surface area contributed by atoms with Crippen molar-refractivity contribution in [2.45, 2.75) is 52.1 Å². The lowest BCUT2D eigenvalue weighted by molar-refractivity contribution is -0.122. The summed E-state index contributed by atoms with van der Waals surface area (Å²) in [5.74, 6) is 1.33. The van der Waals surface area contributed by atoms with Crippen LogP contribution in [0.1, 0.15) is 63.2 Å². The van der Waals surface area contributed by atoms with Crippen LogP contribution in [0.4, 0.5) is 0 Å². The summed E-state index contributed by atoms with van der Waals surface area (Å²) in [5, 5.41) is 3.13. The average molecular weight is 290 g/mol. The minimum absolute atomic E-state index is 0.0315. The molecule has 0 fully saturated rings. The maximum atomic E-state index is 12.0. The van der Waals surface area contributed by atoms with Gasteiger partial charge in [-0.05, 0) is 30.0 Å². The summed E-state index contributed by atoms with van der Waals surface area (Å²) in [6.45, 7) is 6.81. The Labute approximate surface area is 127 Å². The predicted molar refractivity (Wildman–Crippen MR) is 84.1 cm³/mol. The molecule has 0 bridgehead atoms. The van der Waals surface area contributed by atoms with Gasteiger partial charge < -0.3 is 15.8 Å². The molecule has 4 heteroatoms. The Morgan fingerprint density at radius 3 is 2.90 bits per heavy atom. The molecule has 4 nitrogen and oxygen atoms in total. The molecule has 21 heavy (non-hydrogen) atoms. The number of nitrogens with one attached hydrogen (secondary N) is 1. The number of nitrogens with two attached hydrogens (primary N) is 1. The largest absolute Gasteiger partial charge is 0.493 e. The third-order valence-corrected chi connectivity index (χ3v) is 3.87. The molecule has 0 spiro atoms. The van der Waals surface area contributed by atoms with Gasteiger partial charge in [0.25, 0.3) is 0 Å². The first-order valence-corrected chi connectivity index (χ1v) is 7.82. The highest BCUT2D eigenvalue weighted by molar-refractivity contribution is 5.76. The van der Waals surface area contributed by atoms with Gasteiger partial charge in [-0.2, -0.15) is 0 Å². The van der Waals surface area contributed by atoms with Crippen LogP contribution in [-0.4, -0.2) is 12.5 Å². The molecule has 0 aromatic heterocycles. The standard InChI is InChI=1S/C17H26N2O2/c1-4-14(18)12-5-6-16-13(10-12)15(7-8-21-16)19-17(20)9-11(2)3/h5-6,10-11,14-15H,4,7-9,18H2,1-3H3,(H,19,20). The lowest BCUT2D eigenvalue weighted by atomic mass is 9.95. The lowest BCUT2D eigenvalue weighted by Crippen LogP contribution is -2.33. The molecule has 116 valence electrons. The molecule has 2 unspecified atom stereocenters. The van der Waals surface area contributed by atoms with Gasteiger partial charge in [0.1, 0.15) is 5.75 Å². The van der Waals surface area contributed by atoms with Gasteiger partial charge in [-0.25, -0.2) is 0 Å². The van der Waals surface area contributed by atoms with E-state index < -0.39 is 0 Å². The number of rotatable bonds is 5. The fourth-order valence-electron chi connectivity index (χ4n) is 2.65. The van der Waals surface area contributed by atoms with Gasteiger partial charge in [-0.15, -0.1) is 0 Å². The third-order valence-electron chi connectivity index (χ3n) is 3.87. The Bertz CT molecular complexity index is 500. The fraction of sp³-hybridized carbons (Fsp3) is 0.588. The van der Waals surface area contributed by atoms with E-state index in [1.165, 1.54) is 0 Å². The average Bonchev–Trinajstić information content (AvgIpc) is 2.45. The van der Waals surface area contributed by atoms with Gasteiger partial charge in [0.05, 0.1) is 12.6 Å². The van der Waals surface area contributed by atoms with Crippen LogP contribution in [-0.2, 0) is 4.79 Å². The second-order valence-corrected chi connectivity index (χ2v) is 6.17. The molecule has 1 aliphatic rings. The zero-order valence-corrected chi connectivity index (χ0v) is 13.2. The SMILES string of the molecule is CCC(N)c1ccc2c(c1)C(NC(=O)CC(C)C)CCO2. The van der Waals surface area contributed by atoms with Crippen molar-refractivity contribution in [2.24, 2.45) is 11.7 Å². The summed E-state index contributed by atoms with van der Waals surface area (Å²) in [5.41, 5.74) is 8.27. The number of benzene rings is 1. The predicted octanol–water partition coefficient (Wildman–Crippen LogP) is 3.08. The van der Waals surface area contributed by atoms with Crippen molar-refractivity contribution in [2.75, 3.05) is 6.61 Å². The Kier molecular flexibility index (Phi) is 5.23. The van der Waals surface area contributed by atoms with Gasteiger partial charge in [0.2, 0.25) is 5.91 Å². The number of fused-ring (bicyclic) bond motifs is 1. The van der Waals surface area contributed by atoms with Crippen molar-refractivity contribution in [3.63, 3.8) is 0 Å². The number of hydrogen-bond acceptors (Lipinski definition) is 3. The van der Waals surface area contributed by atoms with Crippen molar-refractivity contribution >= 4 is 5.91 Å². The molecule has 1 amide bonds. The van der Waals surface area contributed by atoms with Crippen molar-refractivity contribution in [3.8, 4) is 5.75 Å². The van der Waals surface area contributed by atoms with E-state index in [0.717, 1.165) is 29.7 Å². The van der Waals surface area contributed by atoms with Gasteiger partial charge in [-0.3, -0.25) is 4.79 Å². The van der Waals surface area contributed by atoms with Crippen molar-refractivity contribution in [1.82, 2.24) is 5.32 Å². The zero-order valence-electron chi connectivity index (χ0n) is 13.2. The molecule has 0 saturated carbocycles. The Hall–Kier alpha value is -1.55. The molecule has 1 aromatic carbocycles. The first-order chi connectivity index (χ1) is 10.0. The van der Waals surface area contributed by atoms with Crippen LogP contribution in [0.3, 0.4) is 0 Å². The van der Waals surface area contributed by atoms with Gasteiger partial charge in [0, 0.05) is 24.4 Å². The molecule has 2 rings (SSSR count). The molecule has 1 heterocycles. The van der Waals surface area contributed by atoms with Crippen LogP contribution < -0.4 is 15.8 Å². The smallest absolute Gasteiger partial charge is 0.220 e. The van der Waals surface area contributed by atoms with E-state index in [1.807, 2.05) is 12.1 Å². The minimum atomic E-state index is 0.0315. The van der Waals surface area contributed by atoms with Crippen molar-refractivity contribution in [1.29, 1.82) is 0 Å². The molecular formula is C17H26N2O2. The molecular weight excluding hydrogens is 264 g/mol. The highest BCUT2D eigenvalue weighted by atomic mass is 16.5. The second-order valence-electron chi connectivity index (χ2n) is 6.17. The third kappa shape index (κ3) is 3.97. The van der Waals surface area contributed by atoms with E-state index in [2.05, 4.69) is 32.2 Å². The molecule has 1 aliphatic heterocycles. The second kappa shape index (κ2) is 6.94. The lowest BCUT2D eigenvalue weighted by Gasteiger charge is -2.28.